The minimum absolute atomic E-state index is 0.0847. The van der Waals surface area contributed by atoms with Crippen LogP contribution in [0.3, 0.4) is 0 Å². The predicted molar refractivity (Wildman–Crippen MR) is 132 cm³/mol. The molecule has 34 heavy (non-hydrogen) atoms. The van der Waals surface area contributed by atoms with Crippen LogP contribution >= 0.6 is 23.2 Å². The van der Waals surface area contributed by atoms with Crippen LogP contribution in [0.2, 0.25) is 10.0 Å². The fourth-order valence-corrected chi connectivity index (χ4v) is 5.47. The maximum Gasteiger partial charge on any atom is 0.246 e. The lowest BCUT2D eigenvalue weighted by atomic mass is 9.85. The number of halogens is 3. The van der Waals surface area contributed by atoms with E-state index in [1.807, 2.05) is 32.0 Å². The van der Waals surface area contributed by atoms with E-state index in [2.05, 4.69) is 11.9 Å². The Labute approximate surface area is 207 Å². The molecule has 2 aromatic rings. The SMILES string of the molecule is C=CC(=O)N1CC[C@@](Nc2ccc3c(c2)N(CCO)C(=O)C3(C)C)(c2c(F)ccc(Cl)c2Cl)C1. The summed E-state index contributed by atoms with van der Waals surface area (Å²) >= 11 is 12.7. The van der Waals surface area contributed by atoms with Crippen molar-refractivity contribution in [2.24, 2.45) is 0 Å². The van der Waals surface area contributed by atoms with Crippen LogP contribution in [-0.2, 0) is 20.5 Å². The van der Waals surface area contributed by atoms with Gasteiger partial charge in [-0.05, 0) is 56.2 Å². The van der Waals surface area contributed by atoms with E-state index in [1.165, 1.54) is 18.2 Å². The second-order valence-corrected chi connectivity index (χ2v) is 9.96. The third-order valence-electron chi connectivity index (χ3n) is 6.73. The molecular weight excluding hydrogens is 480 g/mol. The number of hydrogen-bond acceptors (Lipinski definition) is 4. The third kappa shape index (κ3) is 3.85. The van der Waals surface area contributed by atoms with Gasteiger partial charge in [-0.2, -0.15) is 0 Å². The molecule has 2 N–H and O–H groups in total. The quantitative estimate of drug-likeness (QED) is 0.448. The van der Waals surface area contributed by atoms with Crippen molar-refractivity contribution in [3.8, 4) is 0 Å². The highest BCUT2D eigenvalue weighted by molar-refractivity contribution is 6.42. The van der Waals surface area contributed by atoms with E-state index < -0.39 is 16.8 Å². The van der Waals surface area contributed by atoms with E-state index in [4.69, 9.17) is 23.2 Å². The zero-order valence-electron chi connectivity index (χ0n) is 19.0. The topological polar surface area (TPSA) is 72.9 Å². The first-order valence-corrected chi connectivity index (χ1v) is 11.7. The molecule has 0 spiro atoms. The van der Waals surface area contributed by atoms with Crippen LogP contribution in [0.5, 0.6) is 0 Å². The van der Waals surface area contributed by atoms with Crippen LogP contribution in [0.15, 0.2) is 43.0 Å². The summed E-state index contributed by atoms with van der Waals surface area (Å²) in [6, 6.07) is 8.16. The van der Waals surface area contributed by atoms with Gasteiger partial charge in [0.2, 0.25) is 11.8 Å². The lowest BCUT2D eigenvalue weighted by Gasteiger charge is -2.34. The number of likely N-dealkylation sites (tertiary alicyclic amines) is 1. The molecule has 1 atom stereocenters. The molecule has 0 radical (unpaired) electrons. The molecule has 2 aliphatic heterocycles. The van der Waals surface area contributed by atoms with Gasteiger partial charge < -0.3 is 20.2 Å². The summed E-state index contributed by atoms with van der Waals surface area (Å²) in [5.74, 6) is -0.900. The molecule has 0 aliphatic carbocycles. The van der Waals surface area contributed by atoms with Gasteiger partial charge in [0.05, 0.1) is 33.3 Å². The monoisotopic (exact) mass is 505 g/mol. The molecule has 0 saturated carbocycles. The number of anilines is 2. The number of rotatable bonds is 6. The molecule has 2 amide bonds. The molecule has 4 rings (SSSR count). The summed E-state index contributed by atoms with van der Waals surface area (Å²) in [7, 11) is 0. The minimum Gasteiger partial charge on any atom is -0.395 e. The number of fused-ring (bicyclic) bond motifs is 1. The second kappa shape index (κ2) is 8.87. The minimum atomic E-state index is -1.06. The van der Waals surface area contributed by atoms with E-state index in [-0.39, 0.29) is 47.1 Å². The van der Waals surface area contributed by atoms with Gasteiger partial charge in [-0.1, -0.05) is 35.8 Å². The van der Waals surface area contributed by atoms with Crippen LogP contribution in [0.4, 0.5) is 15.8 Å². The Balaban J connectivity index is 1.81. The molecule has 0 aromatic heterocycles. The van der Waals surface area contributed by atoms with Gasteiger partial charge in [0.15, 0.2) is 0 Å². The largest absolute Gasteiger partial charge is 0.395 e. The Bertz CT molecular complexity index is 1190. The van der Waals surface area contributed by atoms with Crippen molar-refractivity contribution in [3.05, 3.63) is 70.0 Å². The fourth-order valence-electron chi connectivity index (χ4n) is 4.98. The molecule has 0 unspecified atom stereocenters. The Morgan fingerprint density at radius 2 is 2.03 bits per heavy atom. The van der Waals surface area contributed by atoms with Gasteiger partial charge in [0.1, 0.15) is 5.82 Å². The van der Waals surface area contributed by atoms with Crippen molar-refractivity contribution in [2.75, 3.05) is 36.5 Å². The van der Waals surface area contributed by atoms with Gasteiger partial charge >= 0.3 is 0 Å². The lowest BCUT2D eigenvalue weighted by molar-refractivity contribution is -0.125. The molecule has 1 saturated heterocycles. The molecular formula is C25H26Cl2FN3O3. The highest BCUT2D eigenvalue weighted by Gasteiger charge is 2.46. The highest BCUT2D eigenvalue weighted by atomic mass is 35.5. The second-order valence-electron chi connectivity index (χ2n) is 9.18. The Hall–Kier alpha value is -2.61. The third-order valence-corrected chi connectivity index (χ3v) is 7.53. The molecule has 0 bridgehead atoms. The number of benzene rings is 2. The van der Waals surface area contributed by atoms with E-state index in [9.17, 15) is 14.7 Å². The van der Waals surface area contributed by atoms with Crippen molar-refractivity contribution in [3.63, 3.8) is 0 Å². The summed E-state index contributed by atoms with van der Waals surface area (Å²) in [4.78, 5) is 28.4. The van der Waals surface area contributed by atoms with Crippen LogP contribution < -0.4 is 10.2 Å². The van der Waals surface area contributed by atoms with E-state index >= 15 is 4.39 Å². The first kappa shape index (κ1) is 24.5. The van der Waals surface area contributed by atoms with Crippen molar-refractivity contribution < 1.29 is 19.1 Å². The van der Waals surface area contributed by atoms with Gasteiger partial charge in [-0.3, -0.25) is 9.59 Å². The smallest absolute Gasteiger partial charge is 0.246 e. The van der Waals surface area contributed by atoms with Gasteiger partial charge in [0, 0.05) is 30.9 Å². The molecule has 2 heterocycles. The summed E-state index contributed by atoms with van der Waals surface area (Å²) in [6.45, 7) is 7.75. The number of carbonyl (C=O) groups is 2. The van der Waals surface area contributed by atoms with Crippen molar-refractivity contribution in [1.29, 1.82) is 0 Å². The molecule has 6 nitrogen and oxygen atoms in total. The summed E-state index contributed by atoms with van der Waals surface area (Å²) in [6.07, 6.45) is 1.60. The van der Waals surface area contributed by atoms with Gasteiger partial charge in [-0.25, -0.2) is 4.39 Å². The summed E-state index contributed by atoms with van der Waals surface area (Å²) in [5, 5.41) is 13.2. The Kier molecular flexibility index (Phi) is 6.40. The molecule has 9 heteroatoms. The number of β-amino-alcohol motifs (C(OH)–C–C–N with tert-alkyl or cyclic N) is 1. The van der Waals surface area contributed by atoms with Crippen molar-refractivity contribution in [2.45, 2.75) is 31.2 Å². The van der Waals surface area contributed by atoms with E-state index in [0.29, 0.717) is 24.3 Å². The summed E-state index contributed by atoms with van der Waals surface area (Å²) < 4.78 is 15.2. The van der Waals surface area contributed by atoms with Crippen LogP contribution in [0.1, 0.15) is 31.4 Å². The Morgan fingerprint density at radius 3 is 2.71 bits per heavy atom. The normalized spacial score (nSPS) is 21.1. The van der Waals surface area contributed by atoms with Crippen LogP contribution in [-0.4, -0.2) is 48.1 Å². The first-order chi connectivity index (χ1) is 16.1. The number of nitrogens with zero attached hydrogens (tertiary/aromatic N) is 2. The maximum atomic E-state index is 15.2. The van der Waals surface area contributed by atoms with Crippen LogP contribution in [0.25, 0.3) is 0 Å². The predicted octanol–water partition coefficient (Wildman–Crippen LogP) is 4.47. The number of amides is 2. The average Bonchev–Trinajstić information content (AvgIpc) is 3.30. The van der Waals surface area contributed by atoms with Crippen molar-refractivity contribution in [1.82, 2.24) is 4.90 Å². The fraction of sp³-hybridized carbons (Fsp3) is 0.360. The highest BCUT2D eigenvalue weighted by Crippen LogP contribution is 2.46. The Morgan fingerprint density at radius 1 is 1.29 bits per heavy atom. The van der Waals surface area contributed by atoms with Crippen LogP contribution in [0, 0.1) is 5.82 Å². The molecule has 2 aliphatic rings. The molecule has 180 valence electrons. The van der Waals surface area contributed by atoms with E-state index in [0.717, 1.165) is 5.56 Å². The lowest BCUT2D eigenvalue weighted by Crippen LogP contribution is -2.41. The summed E-state index contributed by atoms with van der Waals surface area (Å²) in [5.41, 5.74) is 0.537. The zero-order chi connectivity index (χ0) is 24.8. The maximum absolute atomic E-state index is 15.2. The number of aliphatic hydroxyl groups is 1. The number of nitrogens with one attached hydrogen (secondary N) is 1. The number of hydrogen-bond donors (Lipinski definition) is 2. The number of carbonyl (C=O) groups excluding carboxylic acids is 2. The van der Waals surface area contributed by atoms with Gasteiger partial charge in [0.25, 0.3) is 0 Å². The first-order valence-electron chi connectivity index (χ1n) is 11.0. The standard InChI is InChI=1S/C25H26Cl2FN3O3/c1-4-20(33)30-10-9-25(14-30,21-18(28)8-7-17(26)22(21)27)29-15-5-6-16-19(13-15)31(11-12-32)23(34)24(16,2)3/h4-8,13,29,32H,1,9-12,14H2,2-3H3/t25-/m0/s1. The van der Waals surface area contributed by atoms with Crippen molar-refractivity contribution >= 4 is 46.4 Å². The van der Waals surface area contributed by atoms with Gasteiger partial charge in [-0.15, -0.1) is 0 Å². The molecule has 1 fully saturated rings. The average molecular weight is 506 g/mol. The van der Waals surface area contributed by atoms with E-state index in [1.54, 1.807) is 9.80 Å². The molecule has 2 aromatic carbocycles. The number of aliphatic hydroxyl groups excluding tert-OH is 1. The zero-order valence-corrected chi connectivity index (χ0v) is 20.5.